The number of ether oxygens (including phenoxy) is 17. The van der Waals surface area contributed by atoms with Gasteiger partial charge in [-0.1, -0.05) is 20.8 Å². The zero-order valence-corrected chi connectivity index (χ0v) is 54.3. The largest absolute Gasteiger partial charge is 0.394 e. The van der Waals surface area contributed by atoms with Crippen LogP contribution in [0.1, 0.15) is 41.0 Å². The van der Waals surface area contributed by atoms with Crippen molar-refractivity contribution < 1.29 is 203 Å². The molecule has 0 bridgehead atoms. The first kappa shape index (κ1) is 81.4. The molecule has 27 unspecified atom stereocenters. The number of hydrogen-bond acceptors (Lipinski definition) is 41. The summed E-state index contributed by atoms with van der Waals surface area (Å²) in [6.07, 6.45) is -77.9. The average Bonchev–Trinajstić information content (AvgIpc) is 0.896. The van der Waals surface area contributed by atoms with E-state index in [1.165, 1.54) is 34.6 Å². The zero-order chi connectivity index (χ0) is 72.7. The Morgan fingerprint density at radius 1 is 0.253 bits per heavy atom. The highest BCUT2D eigenvalue weighted by Gasteiger charge is 2.60. The number of aliphatic hydroxyl groups excluding tert-OH is 24. The fourth-order valence-corrected chi connectivity index (χ4v) is 13.6. The van der Waals surface area contributed by atoms with E-state index >= 15 is 0 Å². The Balaban J connectivity index is 1.01. The smallest absolute Gasteiger partial charge is 0.187 e. The number of aliphatic hydroxyl groups is 24. The Morgan fingerprint density at radius 3 is 1.13 bits per heavy atom. The molecule has 0 spiro atoms. The Hall–Kier alpha value is -1.64. The lowest BCUT2D eigenvalue weighted by Gasteiger charge is -2.52. The van der Waals surface area contributed by atoms with Gasteiger partial charge >= 0.3 is 0 Å². The Morgan fingerprint density at radius 2 is 0.616 bits per heavy atom. The van der Waals surface area contributed by atoms with Gasteiger partial charge in [-0.15, -0.1) is 0 Å². The third kappa shape index (κ3) is 17.2. The van der Waals surface area contributed by atoms with Crippen molar-refractivity contribution in [1.29, 1.82) is 0 Å². The predicted octanol–water partition coefficient (Wildman–Crippen LogP) is -14.4. The maximum absolute atomic E-state index is 12.4. The molecule has 578 valence electrons. The van der Waals surface area contributed by atoms with Crippen LogP contribution in [0, 0.1) is 17.8 Å². The van der Waals surface area contributed by atoms with Crippen LogP contribution in [0.2, 0.25) is 0 Å². The molecule has 9 aliphatic heterocycles. The van der Waals surface area contributed by atoms with E-state index in [4.69, 9.17) is 80.5 Å². The quantitative estimate of drug-likeness (QED) is 0.0479. The van der Waals surface area contributed by atoms with Crippen LogP contribution in [0.25, 0.3) is 0 Å². The molecule has 45 atom stereocenters. The molecule has 24 N–H and O–H groups in total. The monoisotopic (exact) mass is 1450 g/mol. The molecule has 0 aromatic carbocycles. The van der Waals surface area contributed by atoms with Crippen LogP contribution in [0.3, 0.4) is 0 Å². The van der Waals surface area contributed by atoms with Crippen molar-refractivity contribution in [2.24, 2.45) is 17.8 Å². The summed E-state index contributed by atoms with van der Waals surface area (Å²) in [6.45, 7) is 0.432. The van der Waals surface area contributed by atoms with E-state index in [2.05, 4.69) is 0 Å². The minimum Gasteiger partial charge on any atom is -0.394 e. The van der Waals surface area contributed by atoms with E-state index in [1.807, 2.05) is 0 Å². The Kier molecular flexibility index (Phi) is 28.7. The first-order valence-electron chi connectivity index (χ1n) is 32.8. The van der Waals surface area contributed by atoms with Crippen LogP contribution >= 0.6 is 0 Å². The number of hydrogen-bond donors (Lipinski definition) is 24. The van der Waals surface area contributed by atoms with Crippen LogP contribution in [0.15, 0.2) is 0 Å². The lowest BCUT2D eigenvalue weighted by Crippen LogP contribution is -2.68. The summed E-state index contributed by atoms with van der Waals surface area (Å²) in [6, 6.07) is 0. The second kappa shape index (κ2) is 34.9. The fourth-order valence-electron chi connectivity index (χ4n) is 13.6. The molecule has 9 fully saturated rings. The molecule has 0 saturated carbocycles. The average molecular weight is 1450 g/mol. The minimum atomic E-state index is -2.27. The molecule has 9 heterocycles. The molecule has 0 aromatic rings. The summed E-state index contributed by atoms with van der Waals surface area (Å²) in [5.74, 6) is -3.57. The van der Waals surface area contributed by atoms with Gasteiger partial charge in [0.25, 0.3) is 0 Å². The molecule has 0 aromatic heterocycles. The SMILES string of the molecule is CC1C(O[C@@H]2OC(C)[C@@H](O)C(O)C2O)[C@H](O[C@@H]2OC(CO)[C@H](O)C(O[C@@H]3OC(CO)[C@@H](O[C@@H]4OC(CO)[C@H](O)C(O)C4O[C@@H]4OCC(C)[C@@H](O)C(O)C4O)C(O[C@@H]4OC(C)[C@@H](O)C(O)CC4O)C3C)C2O)C(CO)O[C@H]1OC1C(O)[C@H](O[C@@H]2C(CO)O[C@@H](O)C(O)C2O)OC(CO)[C@@H]1O. The van der Waals surface area contributed by atoms with Gasteiger partial charge in [-0.3, -0.25) is 0 Å². The van der Waals surface area contributed by atoms with E-state index in [9.17, 15) is 123 Å². The molecule has 0 aliphatic carbocycles. The molecule has 0 radical (unpaired) electrons. The minimum absolute atomic E-state index is 0.324. The molecular weight excluding hydrogens is 1350 g/mol. The second-order valence-electron chi connectivity index (χ2n) is 26.7. The van der Waals surface area contributed by atoms with Gasteiger partial charge in [0, 0.05) is 24.2 Å². The van der Waals surface area contributed by atoms with Crippen molar-refractivity contribution in [3.63, 3.8) is 0 Å². The standard InChI is InChI=1S/C58H100O41/c1-14-13-83-54(38(78)33(73)27(14)67)99-49-35(75)30(70)21(7-59)89-58(49)96-46-26(12-64)91-51(15(2)42(46)92-53-20(66)6-19(65)28(68)17(4)84-53)98-48-32(72)23(9-61)88-57(41(48)81)95-45-25(11-63)90-52(16(3)43(45)93-55-39(79)34(74)29(69)18(5)85-55)97-47-31(71)22(8-60)87-56(40(47)80)94-44-24(10-62)86-50(82)37(77)36(44)76/h14-82H,6-13H2,1-5H3/t14?,15?,16?,17?,18?,19?,20?,21?,22?,23?,24?,25?,26?,27-,28-,29-,30+,31+,32+,33?,34?,35?,36?,37?,38?,39?,40?,41?,42?,43?,44-,45-,46-,47?,48?,49?,50-,51+,52+,53+,54+,55+,56+,57+,58+/m1/s1. The maximum atomic E-state index is 12.4. The van der Waals surface area contributed by atoms with Gasteiger partial charge in [0.2, 0.25) is 0 Å². The maximum Gasteiger partial charge on any atom is 0.187 e. The molecule has 9 saturated heterocycles. The van der Waals surface area contributed by atoms with Gasteiger partial charge in [-0.2, -0.15) is 0 Å². The molecule has 41 nitrogen and oxygen atoms in total. The van der Waals surface area contributed by atoms with Crippen LogP contribution < -0.4 is 0 Å². The highest BCUT2D eigenvalue weighted by Crippen LogP contribution is 2.43. The third-order valence-corrected chi connectivity index (χ3v) is 19.8. The van der Waals surface area contributed by atoms with E-state index in [0.717, 1.165) is 0 Å². The van der Waals surface area contributed by atoms with E-state index in [1.54, 1.807) is 0 Å². The lowest BCUT2D eigenvalue weighted by atomic mass is 9.90. The van der Waals surface area contributed by atoms with Crippen molar-refractivity contribution in [3.05, 3.63) is 0 Å². The van der Waals surface area contributed by atoms with Gasteiger partial charge < -0.3 is 203 Å². The summed E-state index contributed by atoms with van der Waals surface area (Å²) in [5, 5.41) is 264. The first-order valence-corrected chi connectivity index (χ1v) is 32.8. The predicted molar refractivity (Wildman–Crippen MR) is 308 cm³/mol. The summed E-state index contributed by atoms with van der Waals surface area (Å²) < 4.78 is 103. The van der Waals surface area contributed by atoms with Crippen LogP contribution in [0.5, 0.6) is 0 Å². The van der Waals surface area contributed by atoms with E-state index in [-0.39, 0.29) is 6.61 Å². The Labute approximate surface area is 564 Å². The van der Waals surface area contributed by atoms with Gasteiger partial charge in [0.05, 0.1) is 82.9 Å². The topological polar surface area (TPSA) is 642 Å². The zero-order valence-electron chi connectivity index (χ0n) is 54.3. The summed E-state index contributed by atoms with van der Waals surface area (Å²) in [4.78, 5) is 0. The van der Waals surface area contributed by atoms with Crippen molar-refractivity contribution in [2.75, 3.05) is 46.2 Å². The van der Waals surface area contributed by atoms with Crippen molar-refractivity contribution in [2.45, 2.75) is 299 Å². The van der Waals surface area contributed by atoms with Crippen LogP contribution in [-0.4, -0.2) is 427 Å². The molecule has 99 heavy (non-hydrogen) atoms. The first-order chi connectivity index (χ1) is 46.8. The van der Waals surface area contributed by atoms with Crippen molar-refractivity contribution >= 4 is 0 Å². The van der Waals surface area contributed by atoms with Gasteiger partial charge in [-0.25, -0.2) is 0 Å². The second-order valence-corrected chi connectivity index (χ2v) is 26.7. The summed E-state index contributed by atoms with van der Waals surface area (Å²) in [5.41, 5.74) is 0. The van der Waals surface area contributed by atoms with E-state index < -0.39 is 322 Å². The highest BCUT2D eigenvalue weighted by molar-refractivity contribution is 5.02. The number of rotatable bonds is 22. The molecule has 9 rings (SSSR count). The Bertz CT molecular complexity index is 2440. The van der Waals surface area contributed by atoms with Crippen molar-refractivity contribution in [1.82, 2.24) is 0 Å². The molecule has 0 amide bonds. The van der Waals surface area contributed by atoms with Gasteiger partial charge in [0.1, 0.15) is 165 Å². The normalized spacial score (nSPS) is 54.3. The van der Waals surface area contributed by atoms with Crippen LogP contribution in [-0.2, 0) is 80.5 Å². The fraction of sp³-hybridized carbons (Fsp3) is 1.00. The lowest BCUT2D eigenvalue weighted by molar-refractivity contribution is -0.406. The summed E-state index contributed by atoms with van der Waals surface area (Å²) in [7, 11) is 0. The third-order valence-electron chi connectivity index (χ3n) is 19.8. The molecule has 9 aliphatic rings. The highest BCUT2D eigenvalue weighted by atomic mass is 16.8. The van der Waals surface area contributed by atoms with Crippen molar-refractivity contribution in [3.8, 4) is 0 Å². The summed E-state index contributed by atoms with van der Waals surface area (Å²) >= 11 is 0. The van der Waals surface area contributed by atoms with Crippen LogP contribution in [0.4, 0.5) is 0 Å². The van der Waals surface area contributed by atoms with E-state index in [0.29, 0.717) is 0 Å². The molecular formula is C58H100O41. The van der Waals surface area contributed by atoms with Gasteiger partial charge in [-0.05, 0) is 13.8 Å². The molecule has 41 heteroatoms. The van der Waals surface area contributed by atoms with Gasteiger partial charge in [0.15, 0.2) is 56.6 Å².